The quantitative estimate of drug-likeness (QED) is 0.821. The molecule has 0 unspecified atom stereocenters. The lowest BCUT2D eigenvalue weighted by atomic mass is 10.1. The van der Waals surface area contributed by atoms with Crippen molar-refractivity contribution >= 4 is 21.7 Å². The monoisotopic (exact) mass is 277 g/mol. The molecule has 4 nitrogen and oxygen atoms in total. The Morgan fingerprint density at radius 2 is 2.33 bits per heavy atom. The summed E-state index contributed by atoms with van der Waals surface area (Å²) in [6, 6.07) is 1.04. The van der Waals surface area contributed by atoms with Crippen molar-refractivity contribution in [2.24, 2.45) is 5.73 Å². The van der Waals surface area contributed by atoms with Gasteiger partial charge in [0, 0.05) is 0 Å². The summed E-state index contributed by atoms with van der Waals surface area (Å²) in [6.07, 6.45) is 0. The molecule has 1 aromatic carbocycles. The van der Waals surface area contributed by atoms with E-state index in [-0.39, 0.29) is 16.8 Å². The van der Waals surface area contributed by atoms with E-state index in [1.807, 2.05) is 0 Å². The molecule has 0 aliphatic carbocycles. The van der Waals surface area contributed by atoms with Gasteiger partial charge in [0.05, 0.1) is 18.1 Å². The van der Waals surface area contributed by atoms with E-state index in [9.17, 15) is 14.3 Å². The maximum absolute atomic E-state index is 13.3. The van der Waals surface area contributed by atoms with Crippen molar-refractivity contribution in [3.63, 3.8) is 0 Å². The average molecular weight is 278 g/mol. The molecule has 15 heavy (non-hydrogen) atoms. The maximum atomic E-state index is 13.3. The van der Waals surface area contributed by atoms with Gasteiger partial charge in [-0.3, -0.25) is 4.79 Å². The fourth-order valence-electron chi connectivity index (χ4n) is 1.15. The Bertz CT molecular complexity index is 409. The lowest BCUT2D eigenvalue weighted by Crippen LogP contribution is -2.15. The zero-order valence-corrected chi connectivity index (χ0v) is 9.47. The fraction of sp³-hybridized carbons (Fsp3) is 0.222. The van der Waals surface area contributed by atoms with E-state index in [0.29, 0.717) is 0 Å². The number of phenolic OH excluding ortho intramolecular Hbond substituents is 1. The lowest BCUT2D eigenvalue weighted by Gasteiger charge is -2.10. The van der Waals surface area contributed by atoms with Gasteiger partial charge in [0.15, 0.2) is 17.3 Å². The molecule has 0 aliphatic rings. The zero-order chi connectivity index (χ0) is 11.6. The minimum atomic E-state index is -0.837. The molecule has 0 spiro atoms. The number of carbonyl (C=O) groups excluding carboxylic acids is 1. The van der Waals surface area contributed by atoms with E-state index in [2.05, 4.69) is 15.9 Å². The van der Waals surface area contributed by atoms with E-state index in [1.54, 1.807) is 0 Å². The molecule has 0 heterocycles. The number of hydrogen-bond acceptors (Lipinski definition) is 4. The summed E-state index contributed by atoms with van der Waals surface area (Å²) in [6.45, 7) is -0.380. The van der Waals surface area contributed by atoms with Gasteiger partial charge in [-0.25, -0.2) is 4.39 Å². The van der Waals surface area contributed by atoms with Crippen LogP contribution >= 0.6 is 15.9 Å². The maximum Gasteiger partial charge on any atom is 0.183 e. The number of hydrogen-bond donors (Lipinski definition) is 2. The Hall–Kier alpha value is -1.14. The number of aromatic hydroxyl groups is 1. The topological polar surface area (TPSA) is 72.5 Å². The van der Waals surface area contributed by atoms with Crippen LogP contribution in [0.4, 0.5) is 4.39 Å². The summed E-state index contributed by atoms with van der Waals surface area (Å²) >= 11 is 3.00. The Kier molecular flexibility index (Phi) is 3.65. The molecular weight excluding hydrogens is 269 g/mol. The second-order valence-corrected chi connectivity index (χ2v) is 3.58. The van der Waals surface area contributed by atoms with Gasteiger partial charge >= 0.3 is 0 Å². The van der Waals surface area contributed by atoms with Crippen LogP contribution in [0.2, 0.25) is 0 Å². The van der Waals surface area contributed by atoms with Crippen LogP contribution in [0.5, 0.6) is 11.5 Å². The summed E-state index contributed by atoms with van der Waals surface area (Å²) in [5, 5.41) is 9.58. The number of ketones is 1. The Balaban J connectivity index is 3.45. The largest absolute Gasteiger partial charge is 0.504 e. The second kappa shape index (κ2) is 4.59. The van der Waals surface area contributed by atoms with E-state index < -0.39 is 22.9 Å². The van der Waals surface area contributed by atoms with Crippen LogP contribution in [0.1, 0.15) is 10.4 Å². The first-order valence-electron chi connectivity index (χ1n) is 4.01. The third-order valence-electron chi connectivity index (χ3n) is 1.83. The number of nitrogens with two attached hydrogens (primary N) is 1. The molecule has 0 radical (unpaired) electrons. The van der Waals surface area contributed by atoms with Gasteiger partial charge in [0.2, 0.25) is 0 Å². The normalized spacial score (nSPS) is 10.1. The lowest BCUT2D eigenvalue weighted by molar-refractivity contribution is 0.0994. The molecule has 0 saturated heterocycles. The highest BCUT2D eigenvalue weighted by atomic mass is 79.9. The molecule has 0 amide bonds. The van der Waals surface area contributed by atoms with E-state index in [1.165, 1.54) is 7.11 Å². The molecule has 82 valence electrons. The highest BCUT2D eigenvalue weighted by molar-refractivity contribution is 9.10. The van der Waals surface area contributed by atoms with E-state index >= 15 is 0 Å². The van der Waals surface area contributed by atoms with Crippen LogP contribution in [0, 0.1) is 5.82 Å². The highest BCUT2D eigenvalue weighted by Gasteiger charge is 2.21. The number of rotatable bonds is 3. The zero-order valence-electron chi connectivity index (χ0n) is 7.88. The third-order valence-corrected chi connectivity index (χ3v) is 2.42. The van der Waals surface area contributed by atoms with Crippen LogP contribution in [0.3, 0.4) is 0 Å². The number of phenols is 1. The predicted molar refractivity (Wildman–Crippen MR) is 55.7 cm³/mol. The van der Waals surface area contributed by atoms with Gasteiger partial charge in [0.1, 0.15) is 11.4 Å². The minimum absolute atomic E-state index is 0.00759. The molecule has 3 N–H and O–H groups in total. The molecule has 0 aromatic heterocycles. The smallest absolute Gasteiger partial charge is 0.183 e. The first-order valence-corrected chi connectivity index (χ1v) is 4.80. The van der Waals surface area contributed by atoms with Crippen molar-refractivity contribution in [3.05, 3.63) is 21.9 Å². The van der Waals surface area contributed by atoms with Crippen LogP contribution in [0.25, 0.3) is 0 Å². The molecular formula is C9H9BrFNO3. The molecule has 1 aromatic rings. The number of halogens is 2. The van der Waals surface area contributed by atoms with Gasteiger partial charge in [-0.1, -0.05) is 0 Å². The molecule has 0 saturated carbocycles. The minimum Gasteiger partial charge on any atom is -0.504 e. The first kappa shape index (κ1) is 11.9. The Morgan fingerprint density at radius 1 is 1.73 bits per heavy atom. The highest BCUT2D eigenvalue weighted by Crippen LogP contribution is 2.38. The number of ether oxygens (including phenoxy) is 1. The van der Waals surface area contributed by atoms with Crippen LogP contribution in [-0.2, 0) is 0 Å². The van der Waals surface area contributed by atoms with Gasteiger partial charge in [-0.15, -0.1) is 0 Å². The number of Topliss-reactive ketones (excluding diaryl/α,β-unsaturated/α-hetero) is 1. The molecule has 6 heteroatoms. The molecule has 0 fully saturated rings. The summed E-state index contributed by atoms with van der Waals surface area (Å²) in [5.74, 6) is -2.06. The first-order chi connectivity index (χ1) is 7.02. The second-order valence-electron chi connectivity index (χ2n) is 2.72. The van der Waals surface area contributed by atoms with Crippen LogP contribution < -0.4 is 10.5 Å². The average Bonchev–Trinajstić information content (AvgIpc) is 2.17. The summed E-state index contributed by atoms with van der Waals surface area (Å²) in [4.78, 5) is 11.2. The van der Waals surface area contributed by atoms with Crippen LogP contribution in [0.15, 0.2) is 10.5 Å². The number of carbonyl (C=O) groups is 1. The molecule has 0 bridgehead atoms. The summed E-state index contributed by atoms with van der Waals surface area (Å²) in [7, 11) is 1.30. The Morgan fingerprint density at radius 3 is 2.80 bits per heavy atom. The third kappa shape index (κ3) is 2.10. The summed E-state index contributed by atoms with van der Waals surface area (Å²) < 4.78 is 18.4. The SMILES string of the molecule is COc1c(Br)cc(F)c(C(=O)CN)c1O. The molecule has 0 aliphatic heterocycles. The van der Waals surface area contributed by atoms with Gasteiger partial charge in [-0.2, -0.15) is 0 Å². The van der Waals surface area contributed by atoms with Crippen molar-refractivity contribution in [3.8, 4) is 11.5 Å². The standard InChI is InChI=1S/C9H9BrFNO3/c1-15-9-4(10)2-5(11)7(8(9)14)6(13)3-12/h2,14H,3,12H2,1H3. The molecule has 0 atom stereocenters. The van der Waals surface area contributed by atoms with Crippen molar-refractivity contribution in [2.45, 2.75) is 0 Å². The van der Waals surface area contributed by atoms with Crippen molar-refractivity contribution in [1.29, 1.82) is 0 Å². The van der Waals surface area contributed by atoms with Gasteiger partial charge in [0.25, 0.3) is 0 Å². The summed E-state index contributed by atoms with van der Waals surface area (Å²) in [5.41, 5.74) is 4.64. The number of methoxy groups -OCH3 is 1. The van der Waals surface area contributed by atoms with Crippen molar-refractivity contribution in [2.75, 3.05) is 13.7 Å². The van der Waals surface area contributed by atoms with E-state index in [0.717, 1.165) is 6.07 Å². The number of benzene rings is 1. The van der Waals surface area contributed by atoms with Crippen molar-refractivity contribution < 1.29 is 19.0 Å². The van der Waals surface area contributed by atoms with Gasteiger partial charge in [-0.05, 0) is 22.0 Å². The van der Waals surface area contributed by atoms with E-state index in [4.69, 9.17) is 10.5 Å². The predicted octanol–water partition coefficient (Wildman–Crippen LogP) is 1.44. The van der Waals surface area contributed by atoms with Gasteiger partial charge < -0.3 is 15.6 Å². The molecule has 1 rings (SSSR count). The Labute approximate surface area is 94.0 Å². The van der Waals surface area contributed by atoms with Crippen LogP contribution in [-0.4, -0.2) is 24.5 Å². The van der Waals surface area contributed by atoms with Crippen molar-refractivity contribution in [1.82, 2.24) is 0 Å². The fourth-order valence-corrected chi connectivity index (χ4v) is 1.70.